The zero-order valence-corrected chi connectivity index (χ0v) is 20.1. The molecule has 1 heterocycles. The van der Waals surface area contributed by atoms with Crippen molar-refractivity contribution < 1.29 is 28.5 Å². The van der Waals surface area contributed by atoms with E-state index in [1.807, 2.05) is 27.7 Å². The Bertz CT molecular complexity index is 979. The Morgan fingerprint density at radius 1 is 1.19 bits per heavy atom. The van der Waals surface area contributed by atoms with Crippen LogP contribution in [0.15, 0.2) is 39.4 Å². The number of benzene rings is 1. The molecule has 0 aromatic heterocycles. The van der Waals surface area contributed by atoms with E-state index in [0.29, 0.717) is 58.9 Å². The van der Waals surface area contributed by atoms with Crippen molar-refractivity contribution in [3.05, 3.63) is 45.0 Å². The van der Waals surface area contributed by atoms with Crippen LogP contribution >= 0.6 is 15.9 Å². The Hall–Kier alpha value is -2.48. The Morgan fingerprint density at radius 3 is 2.45 bits per heavy atom. The summed E-state index contributed by atoms with van der Waals surface area (Å²) in [7, 11) is 1.27. The second-order valence-electron chi connectivity index (χ2n) is 8.27. The van der Waals surface area contributed by atoms with E-state index in [9.17, 15) is 9.59 Å². The highest BCUT2D eigenvalue weighted by Crippen LogP contribution is 2.51. The van der Waals surface area contributed by atoms with Crippen LogP contribution in [-0.4, -0.2) is 32.1 Å². The second-order valence-corrected chi connectivity index (χ2v) is 9.12. The molecule has 7 nitrogen and oxygen atoms in total. The zero-order valence-electron chi connectivity index (χ0n) is 18.5. The molecule has 1 aliphatic carbocycles. The molecule has 3 rings (SSSR count). The molecule has 0 amide bonds. The Kier molecular flexibility index (Phi) is 6.69. The first-order valence-corrected chi connectivity index (χ1v) is 11.0. The van der Waals surface area contributed by atoms with Gasteiger partial charge < -0.3 is 24.7 Å². The number of nitrogens with two attached hydrogens (primary N) is 1. The first kappa shape index (κ1) is 23.2. The number of methoxy groups -OCH3 is 1. The summed E-state index contributed by atoms with van der Waals surface area (Å²) >= 11 is 3.53. The first-order valence-electron chi connectivity index (χ1n) is 10.2. The van der Waals surface area contributed by atoms with E-state index in [0.717, 1.165) is 0 Å². The molecule has 0 radical (unpaired) electrons. The summed E-state index contributed by atoms with van der Waals surface area (Å²) in [5, 5.41) is 0. The fraction of sp³-hybridized carbons (Fsp3) is 0.478. The summed E-state index contributed by atoms with van der Waals surface area (Å²) in [6, 6.07) is 3.56. The number of rotatable bonds is 6. The molecule has 168 valence electrons. The van der Waals surface area contributed by atoms with Gasteiger partial charge in [-0.15, -0.1) is 0 Å². The fourth-order valence-corrected chi connectivity index (χ4v) is 4.60. The second kappa shape index (κ2) is 8.94. The van der Waals surface area contributed by atoms with Gasteiger partial charge in [0.05, 0.1) is 30.7 Å². The summed E-state index contributed by atoms with van der Waals surface area (Å²) in [5.41, 5.74) is 7.05. The lowest BCUT2D eigenvalue weighted by molar-refractivity contribution is -0.136. The molecule has 1 unspecified atom stereocenters. The molecule has 0 bridgehead atoms. The van der Waals surface area contributed by atoms with Crippen molar-refractivity contribution in [2.24, 2.45) is 11.1 Å². The summed E-state index contributed by atoms with van der Waals surface area (Å²) in [6.07, 6.45) is 0.865. The van der Waals surface area contributed by atoms with Gasteiger partial charge in [0.25, 0.3) is 0 Å². The molecule has 0 spiro atoms. The maximum absolute atomic E-state index is 13.3. The number of esters is 1. The molecule has 8 heteroatoms. The van der Waals surface area contributed by atoms with Crippen LogP contribution in [0.5, 0.6) is 11.5 Å². The summed E-state index contributed by atoms with van der Waals surface area (Å²) in [5.74, 6) is 0.0193. The van der Waals surface area contributed by atoms with E-state index in [4.69, 9.17) is 24.7 Å². The van der Waals surface area contributed by atoms with Crippen LogP contribution in [-0.2, 0) is 19.1 Å². The quantitative estimate of drug-likeness (QED) is 0.588. The topological polar surface area (TPSA) is 97.1 Å². The van der Waals surface area contributed by atoms with Crippen LogP contribution in [0.25, 0.3) is 0 Å². The number of ketones is 1. The standard InChI is InChI=1S/C23H28BrNO6/c1-6-29-15-9-16(30-7-2)13(24)8-12(15)18-19-14(26)10-23(3,4)11-17(19)31-21(25)20(18)22(27)28-5/h8-9,18H,6-7,10-11,25H2,1-5H3. The number of carbonyl (C=O) groups is 2. The third-order valence-electron chi connectivity index (χ3n) is 5.34. The Balaban J connectivity index is 2.28. The maximum Gasteiger partial charge on any atom is 0.340 e. The van der Waals surface area contributed by atoms with Gasteiger partial charge in [-0.2, -0.15) is 0 Å². The highest BCUT2D eigenvalue weighted by Gasteiger charge is 2.46. The lowest BCUT2D eigenvalue weighted by Crippen LogP contribution is -2.35. The third-order valence-corrected chi connectivity index (χ3v) is 5.96. The van der Waals surface area contributed by atoms with Gasteiger partial charge in [0, 0.05) is 30.0 Å². The molecular weight excluding hydrogens is 466 g/mol. The highest BCUT2D eigenvalue weighted by atomic mass is 79.9. The summed E-state index contributed by atoms with van der Waals surface area (Å²) in [4.78, 5) is 26.0. The van der Waals surface area contributed by atoms with Gasteiger partial charge in [-0.3, -0.25) is 4.79 Å². The highest BCUT2D eigenvalue weighted by molar-refractivity contribution is 9.10. The molecule has 0 fully saturated rings. The number of allylic oxidation sites excluding steroid dienone is 2. The van der Waals surface area contributed by atoms with Crippen molar-refractivity contribution >= 4 is 27.7 Å². The average Bonchev–Trinajstić information content (AvgIpc) is 2.68. The van der Waals surface area contributed by atoms with Gasteiger partial charge in [0.15, 0.2) is 5.78 Å². The van der Waals surface area contributed by atoms with Gasteiger partial charge in [0.1, 0.15) is 22.8 Å². The molecule has 2 aliphatic rings. The van der Waals surface area contributed by atoms with E-state index in [1.54, 1.807) is 12.1 Å². The van der Waals surface area contributed by atoms with Crippen LogP contribution in [0.1, 0.15) is 52.0 Å². The number of ether oxygens (including phenoxy) is 4. The van der Waals surface area contributed by atoms with Crippen molar-refractivity contribution in [3.8, 4) is 11.5 Å². The van der Waals surface area contributed by atoms with Crippen molar-refractivity contribution in [1.82, 2.24) is 0 Å². The molecule has 1 atom stereocenters. The minimum absolute atomic E-state index is 0.0615. The fourth-order valence-electron chi connectivity index (χ4n) is 4.13. The number of hydrogen-bond donors (Lipinski definition) is 1. The molecule has 2 N–H and O–H groups in total. The van der Waals surface area contributed by atoms with E-state index in [2.05, 4.69) is 15.9 Å². The van der Waals surface area contributed by atoms with Gasteiger partial charge in [0.2, 0.25) is 5.88 Å². The number of Topliss-reactive ketones (excluding diaryl/α,β-unsaturated/α-hetero) is 1. The van der Waals surface area contributed by atoms with Crippen molar-refractivity contribution in [2.75, 3.05) is 20.3 Å². The number of halogens is 1. The predicted octanol–water partition coefficient (Wildman–Crippen LogP) is 4.35. The van der Waals surface area contributed by atoms with E-state index in [1.165, 1.54) is 7.11 Å². The molecule has 1 aromatic carbocycles. The monoisotopic (exact) mass is 493 g/mol. The van der Waals surface area contributed by atoms with Gasteiger partial charge in [-0.1, -0.05) is 13.8 Å². The number of carbonyl (C=O) groups excluding carboxylic acids is 2. The van der Waals surface area contributed by atoms with E-state index >= 15 is 0 Å². The van der Waals surface area contributed by atoms with E-state index in [-0.39, 0.29) is 22.7 Å². The lowest BCUT2D eigenvalue weighted by atomic mass is 9.70. The minimum Gasteiger partial charge on any atom is -0.493 e. The smallest absolute Gasteiger partial charge is 0.340 e. The predicted molar refractivity (Wildman–Crippen MR) is 119 cm³/mol. The minimum atomic E-state index is -0.770. The van der Waals surface area contributed by atoms with Crippen LogP contribution in [0.3, 0.4) is 0 Å². The largest absolute Gasteiger partial charge is 0.493 e. The normalized spacial score (nSPS) is 20.2. The molecule has 0 saturated carbocycles. The molecule has 1 aromatic rings. The van der Waals surface area contributed by atoms with Crippen LogP contribution in [0, 0.1) is 5.41 Å². The summed E-state index contributed by atoms with van der Waals surface area (Å²) < 4.78 is 23.1. The van der Waals surface area contributed by atoms with Gasteiger partial charge in [-0.05, 0) is 41.3 Å². The van der Waals surface area contributed by atoms with Crippen LogP contribution in [0.4, 0.5) is 0 Å². The molecular formula is C23H28BrNO6. The lowest BCUT2D eigenvalue weighted by Gasteiger charge is -2.38. The summed E-state index contributed by atoms with van der Waals surface area (Å²) in [6.45, 7) is 8.62. The van der Waals surface area contributed by atoms with Crippen LogP contribution < -0.4 is 15.2 Å². The van der Waals surface area contributed by atoms with Gasteiger partial charge >= 0.3 is 5.97 Å². The van der Waals surface area contributed by atoms with Crippen molar-refractivity contribution in [1.29, 1.82) is 0 Å². The van der Waals surface area contributed by atoms with Gasteiger partial charge in [-0.25, -0.2) is 4.79 Å². The van der Waals surface area contributed by atoms with Crippen LogP contribution in [0.2, 0.25) is 0 Å². The Labute approximate surface area is 190 Å². The van der Waals surface area contributed by atoms with E-state index < -0.39 is 11.9 Å². The van der Waals surface area contributed by atoms with Crippen molar-refractivity contribution in [2.45, 2.75) is 46.5 Å². The van der Waals surface area contributed by atoms with Crippen molar-refractivity contribution in [3.63, 3.8) is 0 Å². The molecule has 1 aliphatic heterocycles. The average molecular weight is 494 g/mol. The Morgan fingerprint density at radius 2 is 1.84 bits per heavy atom. The molecule has 0 saturated heterocycles. The third kappa shape index (κ3) is 4.44. The zero-order chi connectivity index (χ0) is 22.9. The number of hydrogen-bond acceptors (Lipinski definition) is 7. The SMILES string of the molecule is CCOc1cc(OCC)c(C2C(C(=O)OC)=C(N)OC3=C2C(=O)CC(C)(C)C3)cc1Br. The maximum atomic E-state index is 13.3. The molecule has 31 heavy (non-hydrogen) atoms. The first-order chi connectivity index (χ1) is 14.6.